The number of hydrogen-bond donors (Lipinski definition) is 7. The van der Waals surface area contributed by atoms with E-state index in [0.717, 1.165) is 16.8 Å². The van der Waals surface area contributed by atoms with E-state index in [1.165, 1.54) is 0 Å². The van der Waals surface area contributed by atoms with Crippen LogP contribution in [0.5, 0.6) is 0 Å². The van der Waals surface area contributed by atoms with Crippen LogP contribution in [0.15, 0.2) is 21.9 Å². The Kier molecular flexibility index (Phi) is 5.96. The summed E-state index contributed by atoms with van der Waals surface area (Å²) in [6.07, 6.45) is -1.84. The average Bonchev–Trinajstić information content (AvgIpc) is 3.21. The lowest BCUT2D eigenvalue weighted by Gasteiger charge is -2.24. The van der Waals surface area contributed by atoms with Gasteiger partial charge in [-0.3, -0.25) is 18.9 Å². The fraction of sp³-hybridized carbons (Fsp3) is 0.636. The largest absolute Gasteiger partial charge is 0.490 e. The van der Waals surface area contributed by atoms with Crippen LogP contribution in [0.2, 0.25) is 0 Å². The minimum absolute atomic E-state index is 0.108. The Morgan fingerprint density at radius 3 is 2.30 bits per heavy atom. The minimum Gasteiger partial charge on any atom is -0.390 e. The molecule has 7 N–H and O–H groups in total. The van der Waals surface area contributed by atoms with E-state index < -0.39 is 70.9 Å². The highest BCUT2D eigenvalue weighted by Gasteiger charge is 2.72. The summed E-state index contributed by atoms with van der Waals surface area (Å²) in [6, 6.07) is 0.0171. The van der Waals surface area contributed by atoms with Gasteiger partial charge in [0, 0.05) is 17.7 Å². The van der Waals surface area contributed by atoms with Crippen LogP contribution in [0.25, 0.3) is 0 Å². The third-order valence-electron chi connectivity index (χ3n) is 4.94. The molecular formula is C11H17N2O14P3. The second-order valence-electron chi connectivity index (χ2n) is 6.85. The normalized spacial score (nSPS) is 34.7. The molecule has 2 fully saturated rings. The van der Waals surface area contributed by atoms with E-state index in [2.05, 4.69) is 13.1 Å². The van der Waals surface area contributed by atoms with Gasteiger partial charge in [-0.2, -0.15) is 8.62 Å². The molecule has 0 amide bonds. The first kappa shape index (κ1) is 23.7. The maximum Gasteiger partial charge on any atom is 0.490 e. The number of aromatic amines is 1. The molecule has 1 aromatic heterocycles. The zero-order valence-electron chi connectivity index (χ0n) is 14.6. The number of aliphatic hydroxyl groups is 2. The smallest absolute Gasteiger partial charge is 0.390 e. The van der Waals surface area contributed by atoms with Crippen molar-refractivity contribution in [1.82, 2.24) is 9.55 Å². The van der Waals surface area contributed by atoms with Crippen molar-refractivity contribution in [3.05, 3.63) is 33.1 Å². The zero-order valence-corrected chi connectivity index (χ0v) is 17.3. The van der Waals surface area contributed by atoms with Crippen LogP contribution in [0.4, 0.5) is 0 Å². The topological polar surface area (TPSA) is 255 Å². The molecule has 0 spiro atoms. The van der Waals surface area contributed by atoms with E-state index in [4.69, 9.17) is 14.7 Å². The van der Waals surface area contributed by atoms with Crippen LogP contribution in [0, 0.1) is 11.3 Å². The number of rotatable bonds is 8. The van der Waals surface area contributed by atoms with E-state index in [1.54, 1.807) is 0 Å². The molecule has 19 heteroatoms. The Hall–Kier alpha value is -0.990. The quantitative estimate of drug-likeness (QED) is 0.196. The summed E-state index contributed by atoms with van der Waals surface area (Å²) in [7, 11) is -16.7. The van der Waals surface area contributed by atoms with Crippen molar-refractivity contribution in [3.8, 4) is 0 Å². The summed E-state index contributed by atoms with van der Waals surface area (Å²) in [5, 5.41) is 20.7. The van der Waals surface area contributed by atoms with Gasteiger partial charge in [0.05, 0.1) is 18.8 Å². The van der Waals surface area contributed by atoms with Crippen LogP contribution in [-0.2, 0) is 26.8 Å². The molecule has 0 aromatic carbocycles. The van der Waals surface area contributed by atoms with Crippen molar-refractivity contribution < 1.29 is 56.6 Å². The van der Waals surface area contributed by atoms with E-state index >= 15 is 0 Å². The van der Waals surface area contributed by atoms with Gasteiger partial charge < -0.3 is 29.8 Å². The summed E-state index contributed by atoms with van der Waals surface area (Å²) in [6.45, 7) is -0.784. The van der Waals surface area contributed by atoms with Crippen LogP contribution >= 0.6 is 23.5 Å². The summed E-state index contributed by atoms with van der Waals surface area (Å²) < 4.78 is 46.6. The van der Waals surface area contributed by atoms with Crippen molar-refractivity contribution >= 4 is 23.5 Å². The number of aliphatic hydroxyl groups excluding tert-OH is 2. The standard InChI is InChI=1S/C11H17N2O14P3/c14-6-1-2-13(10(17)12-6)7-5-3-11(5,9(16)8(7)15)4-25-29(21,22)27-30(23,24)26-28(18,19)20/h1-2,5,7-9,15-16H,3-4H2,(H,21,22)(H,23,24)(H,12,14,17)(H2,18,19,20)/t5-,7-,8?,9-,11?/m1/s1. The molecule has 2 aliphatic rings. The van der Waals surface area contributed by atoms with E-state index in [9.17, 15) is 38.4 Å². The lowest BCUT2D eigenvalue weighted by Crippen LogP contribution is -2.40. The zero-order chi connectivity index (χ0) is 22.7. The maximum atomic E-state index is 12.0. The van der Waals surface area contributed by atoms with Gasteiger partial charge in [-0.15, -0.1) is 0 Å². The molecule has 0 bridgehead atoms. The number of phosphoric ester groups is 1. The van der Waals surface area contributed by atoms with Crippen LogP contribution in [-0.4, -0.2) is 58.2 Å². The highest BCUT2D eigenvalue weighted by molar-refractivity contribution is 7.66. The molecule has 0 radical (unpaired) electrons. The fourth-order valence-electron chi connectivity index (χ4n) is 3.69. The first-order valence-electron chi connectivity index (χ1n) is 8.03. The Labute approximate surface area is 166 Å². The lowest BCUT2D eigenvalue weighted by molar-refractivity contribution is -0.0306. The number of hydrogen-bond acceptors (Lipinski definition) is 10. The van der Waals surface area contributed by atoms with Crippen molar-refractivity contribution in [2.45, 2.75) is 24.7 Å². The summed E-state index contributed by atoms with van der Waals surface area (Å²) in [4.78, 5) is 60.9. The predicted molar refractivity (Wildman–Crippen MR) is 92.7 cm³/mol. The Morgan fingerprint density at radius 2 is 1.73 bits per heavy atom. The molecule has 2 saturated carbocycles. The molecular weight excluding hydrogens is 477 g/mol. The van der Waals surface area contributed by atoms with Gasteiger partial charge in [-0.1, -0.05) is 0 Å². The number of nitrogens with zero attached hydrogens (tertiary/aromatic N) is 1. The van der Waals surface area contributed by atoms with Gasteiger partial charge >= 0.3 is 29.2 Å². The van der Waals surface area contributed by atoms with Gasteiger partial charge in [0.25, 0.3) is 5.56 Å². The molecule has 16 nitrogen and oxygen atoms in total. The van der Waals surface area contributed by atoms with Crippen LogP contribution in [0.1, 0.15) is 12.5 Å². The molecule has 0 aliphatic heterocycles. The van der Waals surface area contributed by atoms with Crippen molar-refractivity contribution in [1.29, 1.82) is 0 Å². The van der Waals surface area contributed by atoms with Crippen molar-refractivity contribution in [2.24, 2.45) is 11.3 Å². The molecule has 4 unspecified atom stereocenters. The molecule has 1 aromatic rings. The number of H-pyrrole nitrogens is 1. The maximum absolute atomic E-state index is 12.0. The average molecular weight is 494 g/mol. The first-order valence-corrected chi connectivity index (χ1v) is 12.5. The number of aromatic nitrogens is 2. The van der Waals surface area contributed by atoms with Gasteiger partial charge in [-0.25, -0.2) is 18.5 Å². The Morgan fingerprint density at radius 1 is 1.10 bits per heavy atom. The Balaban J connectivity index is 1.73. The van der Waals surface area contributed by atoms with Gasteiger partial charge in [0.2, 0.25) is 0 Å². The highest BCUT2D eigenvalue weighted by atomic mass is 31.3. The van der Waals surface area contributed by atoms with Crippen LogP contribution < -0.4 is 11.2 Å². The third kappa shape index (κ3) is 4.75. The Bertz CT molecular complexity index is 1090. The minimum atomic E-state index is -5.70. The number of fused-ring (bicyclic) bond motifs is 1. The first-order chi connectivity index (χ1) is 13.6. The monoisotopic (exact) mass is 494 g/mol. The molecule has 7 atom stereocenters. The summed E-state index contributed by atoms with van der Waals surface area (Å²) in [5.74, 6) is -0.640. The third-order valence-corrected chi connectivity index (χ3v) is 8.72. The SMILES string of the molecule is O=c1ccn([C@H]2C(O)[C@@H](O)C3(COP(=O)(O)OP(=O)(O)OP(=O)(O)O)C[C@H]23)c(=O)[nH]1. The second-order valence-corrected chi connectivity index (χ2v) is 11.3. The molecule has 170 valence electrons. The molecule has 3 rings (SSSR count). The van der Waals surface area contributed by atoms with Crippen molar-refractivity contribution in [3.63, 3.8) is 0 Å². The van der Waals surface area contributed by atoms with Gasteiger partial charge in [0.1, 0.15) is 6.10 Å². The van der Waals surface area contributed by atoms with Crippen molar-refractivity contribution in [2.75, 3.05) is 6.61 Å². The summed E-state index contributed by atoms with van der Waals surface area (Å²) in [5.41, 5.74) is -2.86. The van der Waals surface area contributed by atoms with E-state index in [-0.39, 0.29) is 6.42 Å². The lowest BCUT2D eigenvalue weighted by atomic mass is 10.0. The number of nitrogens with one attached hydrogen (secondary N) is 1. The van der Waals surface area contributed by atoms with Crippen LogP contribution in [0.3, 0.4) is 0 Å². The molecule has 30 heavy (non-hydrogen) atoms. The number of phosphoric acid groups is 3. The van der Waals surface area contributed by atoms with Gasteiger partial charge in [-0.05, 0) is 12.3 Å². The summed E-state index contributed by atoms with van der Waals surface area (Å²) >= 11 is 0. The second kappa shape index (κ2) is 7.55. The molecule has 0 saturated heterocycles. The predicted octanol–water partition coefficient (Wildman–Crippen LogP) is -1.84. The van der Waals surface area contributed by atoms with E-state index in [0.29, 0.717) is 0 Å². The molecule has 1 heterocycles. The van der Waals surface area contributed by atoms with Gasteiger partial charge in [0.15, 0.2) is 0 Å². The fourth-order valence-corrected chi connectivity index (χ4v) is 6.79. The molecule has 2 aliphatic carbocycles. The van der Waals surface area contributed by atoms with E-state index in [1.807, 2.05) is 4.98 Å². The highest BCUT2D eigenvalue weighted by Crippen LogP contribution is 2.70.